The number of hydrogen-bond donors (Lipinski definition) is 2. The van der Waals surface area contributed by atoms with Crippen LogP contribution in [0.1, 0.15) is 13.3 Å². The van der Waals surface area contributed by atoms with E-state index in [1.807, 2.05) is 6.92 Å². The highest BCUT2D eigenvalue weighted by atomic mass is 35.5. The zero-order valence-corrected chi connectivity index (χ0v) is 17.3. The molecule has 0 aliphatic heterocycles. The van der Waals surface area contributed by atoms with Crippen molar-refractivity contribution in [2.75, 3.05) is 19.0 Å². The summed E-state index contributed by atoms with van der Waals surface area (Å²) >= 11 is 5.77. The van der Waals surface area contributed by atoms with Gasteiger partial charge in [0, 0.05) is 6.07 Å². The van der Waals surface area contributed by atoms with Crippen LogP contribution >= 0.6 is 11.6 Å². The van der Waals surface area contributed by atoms with E-state index in [0.29, 0.717) is 12.4 Å². The van der Waals surface area contributed by atoms with Crippen molar-refractivity contribution >= 4 is 39.3 Å². The maximum atomic E-state index is 14.3. The molecule has 30 heavy (non-hydrogen) atoms. The third-order valence-electron chi connectivity index (χ3n) is 3.57. The largest absolute Gasteiger partial charge is 0.492 e. The number of aromatic nitrogens is 4. The van der Waals surface area contributed by atoms with Gasteiger partial charge in [-0.1, -0.05) is 18.5 Å². The number of halogens is 2. The molecule has 0 saturated carbocycles. The third kappa shape index (κ3) is 4.68. The molecule has 0 atom stereocenters. The minimum Gasteiger partial charge on any atom is -0.492 e. The van der Waals surface area contributed by atoms with Gasteiger partial charge in [0.05, 0.1) is 19.9 Å². The minimum absolute atomic E-state index is 0.0139. The molecule has 0 fully saturated rings. The molecule has 0 saturated heterocycles. The highest BCUT2D eigenvalue weighted by Crippen LogP contribution is 2.21. The number of imidazole rings is 1. The fourth-order valence-electron chi connectivity index (χ4n) is 2.38. The maximum absolute atomic E-state index is 14.3. The molecule has 0 aromatic carbocycles. The average molecular weight is 459 g/mol. The Morgan fingerprint density at radius 2 is 2.07 bits per heavy atom. The topological polar surface area (TPSA) is 137 Å². The van der Waals surface area contributed by atoms with E-state index in [1.54, 1.807) is 4.72 Å². The van der Waals surface area contributed by atoms with Crippen LogP contribution in [-0.4, -0.2) is 47.5 Å². The summed E-state index contributed by atoms with van der Waals surface area (Å²) < 4.78 is 52.6. The Morgan fingerprint density at radius 1 is 1.30 bits per heavy atom. The first kappa shape index (κ1) is 21.5. The second-order valence-corrected chi connectivity index (χ2v) is 7.75. The van der Waals surface area contributed by atoms with Gasteiger partial charge in [0.15, 0.2) is 0 Å². The third-order valence-corrected chi connectivity index (χ3v) is 5.09. The first-order chi connectivity index (χ1) is 14.2. The van der Waals surface area contributed by atoms with Gasteiger partial charge in [-0.3, -0.25) is 9.72 Å². The van der Waals surface area contributed by atoms with Crippen LogP contribution in [0, 0.1) is 5.95 Å². The molecule has 0 radical (unpaired) electrons. The molecule has 0 aliphatic rings. The summed E-state index contributed by atoms with van der Waals surface area (Å²) in [4.78, 5) is 23.2. The van der Waals surface area contributed by atoms with E-state index < -0.39 is 27.0 Å². The summed E-state index contributed by atoms with van der Waals surface area (Å²) in [7, 11) is -3.35. The average Bonchev–Trinajstić information content (AvgIpc) is 3.00. The molecule has 2 N–H and O–H groups in total. The summed E-state index contributed by atoms with van der Waals surface area (Å²) in [6.45, 7) is 2.28. The monoisotopic (exact) mass is 458 g/mol. The SMILES string of the molecule is CCCOc1ccc2nc(F)c(S(=O)(=O)NC(=O)Nc3nc(Cl)cc(OC)n3)n2c1. The number of urea groups is 1. The predicted octanol–water partition coefficient (Wildman–Crippen LogP) is 2.22. The van der Waals surface area contributed by atoms with E-state index in [4.69, 9.17) is 21.1 Å². The molecule has 3 heterocycles. The molecule has 0 unspecified atom stereocenters. The number of anilines is 1. The number of methoxy groups -OCH3 is 1. The molecule has 3 aromatic rings. The number of hydrogen-bond acceptors (Lipinski definition) is 8. The van der Waals surface area contributed by atoms with Gasteiger partial charge in [0.25, 0.3) is 16.0 Å². The van der Waals surface area contributed by atoms with E-state index in [9.17, 15) is 17.6 Å². The molecular formula is C16H16ClFN6O5S. The minimum atomic E-state index is -4.67. The zero-order valence-electron chi connectivity index (χ0n) is 15.7. The summed E-state index contributed by atoms with van der Waals surface area (Å²) in [6, 6.07) is 2.96. The van der Waals surface area contributed by atoms with E-state index in [1.165, 1.54) is 31.5 Å². The fraction of sp³-hybridized carbons (Fsp3) is 0.250. The summed E-state index contributed by atoms with van der Waals surface area (Å²) in [5.74, 6) is -1.26. The predicted molar refractivity (Wildman–Crippen MR) is 104 cm³/mol. The van der Waals surface area contributed by atoms with Gasteiger partial charge >= 0.3 is 6.03 Å². The van der Waals surface area contributed by atoms with Crippen molar-refractivity contribution in [2.45, 2.75) is 18.4 Å². The van der Waals surface area contributed by atoms with Crippen molar-refractivity contribution in [2.24, 2.45) is 0 Å². The second-order valence-electron chi connectivity index (χ2n) is 5.77. The van der Waals surface area contributed by atoms with Crippen molar-refractivity contribution in [1.82, 2.24) is 24.1 Å². The first-order valence-corrected chi connectivity index (χ1v) is 10.3. The number of nitrogens with zero attached hydrogens (tertiary/aromatic N) is 4. The lowest BCUT2D eigenvalue weighted by Gasteiger charge is -2.09. The van der Waals surface area contributed by atoms with E-state index in [0.717, 1.165) is 10.8 Å². The Hall–Kier alpha value is -3.19. The number of carbonyl (C=O) groups excluding carboxylic acids is 1. The molecule has 0 aliphatic carbocycles. The Kier molecular flexibility index (Phi) is 6.22. The lowest BCUT2D eigenvalue weighted by atomic mass is 10.4. The van der Waals surface area contributed by atoms with Crippen LogP contribution in [0.25, 0.3) is 5.65 Å². The Morgan fingerprint density at radius 3 is 2.77 bits per heavy atom. The molecular weight excluding hydrogens is 443 g/mol. The van der Waals surface area contributed by atoms with Gasteiger partial charge < -0.3 is 9.47 Å². The van der Waals surface area contributed by atoms with Crippen molar-refractivity contribution in [3.63, 3.8) is 0 Å². The van der Waals surface area contributed by atoms with Crippen LogP contribution in [0.4, 0.5) is 15.1 Å². The van der Waals surface area contributed by atoms with Crippen molar-refractivity contribution in [3.05, 3.63) is 35.5 Å². The molecule has 14 heteroatoms. The van der Waals surface area contributed by atoms with E-state index >= 15 is 0 Å². The zero-order chi connectivity index (χ0) is 21.9. The molecule has 160 valence electrons. The number of carbonyl (C=O) groups is 1. The Labute approximate surface area is 175 Å². The first-order valence-electron chi connectivity index (χ1n) is 8.46. The summed E-state index contributed by atoms with van der Waals surface area (Å²) in [6.07, 6.45) is 1.98. The number of fused-ring (bicyclic) bond motifs is 1. The number of pyridine rings is 1. The summed E-state index contributed by atoms with van der Waals surface area (Å²) in [5, 5.41) is 1.18. The van der Waals surface area contributed by atoms with Gasteiger partial charge in [-0.15, -0.1) is 0 Å². The highest BCUT2D eigenvalue weighted by Gasteiger charge is 2.28. The summed E-state index contributed by atoms with van der Waals surface area (Å²) in [5.41, 5.74) is 0.0139. The van der Waals surface area contributed by atoms with Crippen molar-refractivity contribution in [1.29, 1.82) is 0 Å². The van der Waals surface area contributed by atoms with Crippen molar-refractivity contribution in [3.8, 4) is 11.6 Å². The number of ether oxygens (including phenoxy) is 2. The number of sulfonamides is 1. The van der Waals surface area contributed by atoms with Crippen LogP contribution in [0.5, 0.6) is 11.6 Å². The Bertz CT molecular complexity index is 1200. The van der Waals surface area contributed by atoms with E-state index in [-0.39, 0.29) is 22.6 Å². The van der Waals surface area contributed by atoms with Crippen LogP contribution in [0.2, 0.25) is 5.15 Å². The molecule has 3 rings (SSSR count). The molecule has 0 bridgehead atoms. The van der Waals surface area contributed by atoms with Crippen LogP contribution in [0.15, 0.2) is 29.4 Å². The van der Waals surface area contributed by atoms with Crippen LogP contribution in [0.3, 0.4) is 0 Å². The van der Waals surface area contributed by atoms with E-state index in [2.05, 4.69) is 20.3 Å². The standard InChI is InChI=1S/C16H16ClFN6O5S/c1-3-6-29-9-4-5-11-20-13(18)14(24(11)8-9)30(26,27)23-16(25)22-15-19-10(17)7-12(21-15)28-2/h4-5,7-8H,3,6H2,1-2H3,(H2,19,21,22,23,25). The molecule has 11 nitrogen and oxygen atoms in total. The van der Waals surface area contributed by atoms with Crippen LogP contribution in [-0.2, 0) is 10.0 Å². The highest BCUT2D eigenvalue weighted by molar-refractivity contribution is 7.90. The molecule has 0 spiro atoms. The quantitative estimate of drug-likeness (QED) is 0.514. The number of amides is 2. The van der Waals surface area contributed by atoms with Gasteiger partial charge in [-0.25, -0.2) is 14.5 Å². The smallest absolute Gasteiger partial charge is 0.335 e. The van der Waals surface area contributed by atoms with Crippen molar-refractivity contribution < 1.29 is 27.1 Å². The number of rotatable bonds is 7. The van der Waals surface area contributed by atoms with Gasteiger partial charge in [0.2, 0.25) is 16.9 Å². The number of nitrogens with one attached hydrogen (secondary N) is 2. The lowest BCUT2D eigenvalue weighted by molar-refractivity contribution is 0.256. The van der Waals surface area contributed by atoms with Gasteiger partial charge in [-0.2, -0.15) is 22.8 Å². The maximum Gasteiger partial charge on any atom is 0.335 e. The second kappa shape index (κ2) is 8.67. The lowest BCUT2D eigenvalue weighted by Crippen LogP contribution is -2.36. The van der Waals surface area contributed by atoms with Crippen LogP contribution < -0.4 is 19.5 Å². The van der Waals surface area contributed by atoms with Gasteiger partial charge in [0.1, 0.15) is 16.5 Å². The normalized spacial score (nSPS) is 11.3. The van der Waals surface area contributed by atoms with Gasteiger partial charge in [-0.05, 0) is 18.6 Å². The Balaban J connectivity index is 1.87. The molecule has 2 amide bonds. The molecule has 3 aromatic heterocycles. The fourth-order valence-corrected chi connectivity index (χ4v) is 3.61.